The van der Waals surface area contributed by atoms with Crippen molar-refractivity contribution in [3.05, 3.63) is 0 Å². The number of alkyl halides is 2. The van der Waals surface area contributed by atoms with E-state index in [1.807, 2.05) is 0 Å². The monoisotopic (exact) mass is 242 g/mol. The van der Waals surface area contributed by atoms with Gasteiger partial charge in [-0.1, -0.05) is 0 Å². The molecule has 2 N–H and O–H groups in total. The molecule has 0 saturated carbocycles. The molecule has 0 bridgehead atoms. The molecule has 0 saturated heterocycles. The van der Waals surface area contributed by atoms with Crippen molar-refractivity contribution in [2.45, 2.75) is 12.7 Å². The third kappa shape index (κ3) is 3.01. The molecule has 0 unspecified atom stereocenters. The summed E-state index contributed by atoms with van der Waals surface area (Å²) in [7, 11) is -4.73. The van der Waals surface area contributed by atoms with E-state index >= 15 is 0 Å². The highest BCUT2D eigenvalue weighted by atomic mass is 32.2. The highest BCUT2D eigenvalue weighted by Gasteiger charge is 2.25. The molecule has 1 aromatic heterocycles. The van der Waals surface area contributed by atoms with Gasteiger partial charge in [0.05, 0.1) is 6.61 Å². The Morgan fingerprint density at radius 1 is 1.60 bits per heavy atom. The van der Waals surface area contributed by atoms with E-state index in [0.717, 1.165) is 0 Å². The number of H-pyrrole nitrogens is 1. The van der Waals surface area contributed by atoms with Gasteiger partial charge in [-0.05, 0) is 6.92 Å². The zero-order chi connectivity index (χ0) is 11.5. The van der Waals surface area contributed by atoms with Crippen molar-refractivity contribution in [1.82, 2.24) is 15.2 Å². The fraction of sp³-hybridized carbons (Fsp3) is 0.600. The Morgan fingerprint density at radius 3 is 2.80 bits per heavy atom. The van der Waals surface area contributed by atoms with Crippen molar-refractivity contribution in [2.24, 2.45) is 0 Å². The lowest BCUT2D eigenvalue weighted by molar-refractivity contribution is 0.236. The number of nitrogens with zero attached hydrogens (tertiary/aromatic N) is 2. The maximum Gasteiger partial charge on any atom is 0.355 e. The van der Waals surface area contributed by atoms with Gasteiger partial charge in [0.1, 0.15) is 0 Å². The van der Waals surface area contributed by atoms with Gasteiger partial charge < -0.3 is 4.74 Å². The lowest BCUT2D eigenvalue weighted by atomic mass is 10.9. The van der Waals surface area contributed by atoms with E-state index in [-0.39, 0.29) is 12.6 Å². The zero-order valence-electron chi connectivity index (χ0n) is 7.57. The number of aromatic nitrogens is 3. The zero-order valence-corrected chi connectivity index (χ0v) is 8.38. The highest BCUT2D eigenvalue weighted by molar-refractivity contribution is 7.92. The van der Waals surface area contributed by atoms with Gasteiger partial charge in [-0.2, -0.15) is 13.8 Å². The van der Waals surface area contributed by atoms with Crippen LogP contribution in [0.15, 0.2) is 0 Å². The van der Waals surface area contributed by atoms with Gasteiger partial charge in [-0.15, -0.1) is 5.10 Å². The van der Waals surface area contributed by atoms with E-state index in [9.17, 15) is 17.2 Å². The average Bonchev–Trinajstić information content (AvgIpc) is 2.52. The van der Waals surface area contributed by atoms with E-state index in [1.165, 1.54) is 4.72 Å². The number of anilines is 1. The van der Waals surface area contributed by atoms with Gasteiger partial charge in [0.2, 0.25) is 5.95 Å². The summed E-state index contributed by atoms with van der Waals surface area (Å²) in [5.74, 6) is -3.95. The molecule has 86 valence electrons. The van der Waals surface area contributed by atoms with Crippen molar-refractivity contribution in [3.63, 3.8) is 0 Å². The molecule has 1 aromatic rings. The molecule has 15 heavy (non-hydrogen) atoms. The summed E-state index contributed by atoms with van der Waals surface area (Å²) in [6.07, 6.45) is 0. The normalized spacial score (nSPS) is 11.7. The summed E-state index contributed by atoms with van der Waals surface area (Å²) in [5, 5.41) is 5.51. The number of rotatable bonds is 5. The summed E-state index contributed by atoms with van der Waals surface area (Å²) in [6, 6.07) is -0.121. The number of aromatic amines is 1. The number of nitrogens with one attached hydrogen (secondary N) is 2. The topological polar surface area (TPSA) is 97.0 Å². The van der Waals surface area contributed by atoms with Gasteiger partial charge in [0.25, 0.3) is 10.0 Å². The predicted molar refractivity (Wildman–Crippen MR) is 46.1 cm³/mol. The van der Waals surface area contributed by atoms with E-state index in [0.29, 0.717) is 0 Å². The molecule has 0 amide bonds. The van der Waals surface area contributed by atoms with Crippen molar-refractivity contribution in [2.75, 3.05) is 11.3 Å². The van der Waals surface area contributed by atoms with Gasteiger partial charge >= 0.3 is 11.8 Å². The molecule has 0 aromatic carbocycles. The van der Waals surface area contributed by atoms with Gasteiger partial charge in [-0.25, -0.2) is 18.2 Å². The fourth-order valence-corrected chi connectivity index (χ4v) is 1.11. The molecule has 0 atom stereocenters. The lowest BCUT2D eigenvalue weighted by Crippen LogP contribution is -2.21. The molecule has 10 heteroatoms. The molecule has 0 fully saturated rings. The van der Waals surface area contributed by atoms with Crippen LogP contribution in [0.2, 0.25) is 0 Å². The molecule has 7 nitrogen and oxygen atoms in total. The molecule has 0 aliphatic heterocycles. The Labute approximate surface area is 83.9 Å². The first-order valence-corrected chi connectivity index (χ1v) is 5.35. The smallest absolute Gasteiger partial charge is 0.355 e. The number of hydrogen-bond donors (Lipinski definition) is 2. The van der Waals surface area contributed by atoms with Crippen LogP contribution in [0.5, 0.6) is 6.01 Å². The number of sulfonamides is 1. The third-order valence-electron chi connectivity index (χ3n) is 1.21. The summed E-state index contributed by atoms with van der Waals surface area (Å²) < 4.78 is 51.5. The lowest BCUT2D eigenvalue weighted by Gasteiger charge is -2.01. The Kier molecular flexibility index (Phi) is 3.39. The maximum absolute atomic E-state index is 11.9. The largest absolute Gasteiger partial charge is 0.463 e. The predicted octanol–water partition coefficient (Wildman–Crippen LogP) is 0.168. The molecule has 0 aliphatic carbocycles. The number of halogens is 2. The molecule has 0 aliphatic rings. The van der Waals surface area contributed by atoms with Crippen LogP contribution in [0.4, 0.5) is 14.7 Å². The highest BCUT2D eigenvalue weighted by Crippen LogP contribution is 2.11. The second-order valence-electron chi connectivity index (χ2n) is 2.31. The van der Waals surface area contributed by atoms with Crippen molar-refractivity contribution in [1.29, 1.82) is 0 Å². The van der Waals surface area contributed by atoms with E-state index in [1.54, 1.807) is 6.92 Å². The quantitative estimate of drug-likeness (QED) is 0.767. The van der Waals surface area contributed by atoms with Crippen LogP contribution in [0, 0.1) is 0 Å². The van der Waals surface area contributed by atoms with E-state index in [4.69, 9.17) is 4.74 Å². The van der Waals surface area contributed by atoms with Crippen LogP contribution in [0.1, 0.15) is 6.92 Å². The molecular formula is C5H8F2N4O3S. The Balaban J connectivity index is 2.73. The van der Waals surface area contributed by atoms with Crippen LogP contribution < -0.4 is 9.46 Å². The third-order valence-corrected chi connectivity index (χ3v) is 2.16. The fourth-order valence-electron chi connectivity index (χ4n) is 0.665. The first-order chi connectivity index (χ1) is 6.95. The Morgan fingerprint density at radius 2 is 2.27 bits per heavy atom. The first kappa shape index (κ1) is 11.6. The van der Waals surface area contributed by atoms with E-state index < -0.39 is 21.7 Å². The summed E-state index contributed by atoms with van der Waals surface area (Å²) in [5.41, 5.74) is 0. The number of ether oxygens (including phenoxy) is 1. The molecule has 0 radical (unpaired) electrons. The van der Waals surface area contributed by atoms with Crippen LogP contribution in [0.25, 0.3) is 0 Å². The average molecular weight is 242 g/mol. The molecule has 1 heterocycles. The SMILES string of the molecule is CCOc1n[nH]c(NS(=O)(=O)C(F)F)n1. The van der Waals surface area contributed by atoms with Crippen molar-refractivity contribution >= 4 is 16.0 Å². The van der Waals surface area contributed by atoms with Crippen LogP contribution in [0.3, 0.4) is 0 Å². The second-order valence-corrected chi connectivity index (χ2v) is 3.96. The molecule has 0 spiro atoms. The van der Waals surface area contributed by atoms with E-state index in [2.05, 4.69) is 15.2 Å². The minimum Gasteiger partial charge on any atom is -0.463 e. The standard InChI is InChI=1S/C5H8F2N4O3S/c1-2-14-5-8-4(9-10-5)11-15(12,13)3(6)7/h3H,2H2,1H3,(H2,8,9,10,11). The summed E-state index contributed by atoms with van der Waals surface area (Å²) in [4.78, 5) is 3.46. The summed E-state index contributed by atoms with van der Waals surface area (Å²) >= 11 is 0. The van der Waals surface area contributed by atoms with Crippen LogP contribution in [-0.2, 0) is 10.0 Å². The van der Waals surface area contributed by atoms with Crippen molar-refractivity contribution in [3.8, 4) is 6.01 Å². The Hall–Kier alpha value is -1.45. The van der Waals surface area contributed by atoms with Gasteiger partial charge in [0, 0.05) is 0 Å². The molecular weight excluding hydrogens is 234 g/mol. The Bertz CT molecular complexity index is 418. The first-order valence-electron chi connectivity index (χ1n) is 3.80. The molecule has 1 rings (SSSR count). The van der Waals surface area contributed by atoms with Gasteiger partial charge in [0.15, 0.2) is 0 Å². The van der Waals surface area contributed by atoms with Crippen LogP contribution in [-0.4, -0.2) is 36.0 Å². The minimum absolute atomic E-state index is 0.121. The van der Waals surface area contributed by atoms with Gasteiger partial charge in [-0.3, -0.25) is 0 Å². The van der Waals surface area contributed by atoms with Crippen LogP contribution >= 0.6 is 0 Å². The summed E-state index contributed by atoms with van der Waals surface area (Å²) in [6.45, 7) is 1.94. The maximum atomic E-state index is 11.9. The number of hydrogen-bond acceptors (Lipinski definition) is 5. The second kappa shape index (κ2) is 4.38. The minimum atomic E-state index is -4.73. The van der Waals surface area contributed by atoms with Crippen molar-refractivity contribution < 1.29 is 21.9 Å².